The molecule has 0 fully saturated rings. The Morgan fingerprint density at radius 3 is 2.18 bits per heavy atom. The van der Waals surface area contributed by atoms with Crippen molar-refractivity contribution in [2.24, 2.45) is 7.05 Å². The summed E-state index contributed by atoms with van der Waals surface area (Å²) in [6.45, 7) is 6.43. The average molecular weight is 240 g/mol. The first kappa shape index (κ1) is 13.2. The number of carbonyl (C=O) groups excluding carboxylic acids is 2. The van der Waals surface area contributed by atoms with Gasteiger partial charge in [0, 0.05) is 20.2 Å². The summed E-state index contributed by atoms with van der Waals surface area (Å²) in [6, 6.07) is 0. The summed E-state index contributed by atoms with van der Waals surface area (Å²) in [5.41, 5.74) is -1.12. The Morgan fingerprint density at radius 2 is 1.82 bits per heavy atom. The van der Waals surface area contributed by atoms with Crippen molar-refractivity contribution in [1.29, 1.82) is 0 Å². The first-order chi connectivity index (χ1) is 7.63. The van der Waals surface area contributed by atoms with Gasteiger partial charge in [-0.05, 0) is 20.8 Å². The number of ether oxygens (including phenoxy) is 1. The molecule has 0 atom stereocenters. The zero-order valence-electron chi connectivity index (χ0n) is 10.6. The molecule has 0 radical (unpaired) electrons. The second kappa shape index (κ2) is 4.20. The predicted octanol–water partition coefficient (Wildman–Crippen LogP) is 1.17. The smallest absolute Gasteiger partial charge is 0.422 e. The van der Waals surface area contributed by atoms with Crippen LogP contribution in [-0.2, 0) is 11.8 Å². The van der Waals surface area contributed by atoms with Crippen LogP contribution in [0, 0.1) is 0 Å². The number of hydrogen-bond donors (Lipinski definition) is 0. The fourth-order valence-electron chi connectivity index (χ4n) is 1.30. The maximum atomic E-state index is 11.7. The molecule has 0 aliphatic carbocycles. The summed E-state index contributed by atoms with van der Waals surface area (Å²) in [5, 5.41) is 0. The molecule has 0 aromatic carbocycles. The van der Waals surface area contributed by atoms with Gasteiger partial charge in [0.15, 0.2) is 5.78 Å². The first-order valence-corrected chi connectivity index (χ1v) is 5.16. The van der Waals surface area contributed by atoms with E-state index in [0.29, 0.717) is 0 Å². The lowest BCUT2D eigenvalue weighted by molar-refractivity contribution is 0.0530. The second-order valence-electron chi connectivity index (χ2n) is 4.76. The number of nitrogens with zero attached hydrogens (tertiary/aromatic N) is 2. The van der Waals surface area contributed by atoms with Gasteiger partial charge in [0.05, 0.1) is 0 Å². The van der Waals surface area contributed by atoms with Crippen LogP contribution in [0.2, 0.25) is 0 Å². The van der Waals surface area contributed by atoms with Crippen LogP contribution in [0.3, 0.4) is 0 Å². The summed E-state index contributed by atoms with van der Waals surface area (Å²) >= 11 is 0. The van der Waals surface area contributed by atoms with Gasteiger partial charge in [-0.1, -0.05) is 0 Å². The Labute approximate surface area is 98.8 Å². The zero-order chi connectivity index (χ0) is 13.4. The SMILES string of the molecule is CC(=O)c1cn(C(=O)OC(C)(C)C)c(=O)n1C. The van der Waals surface area contributed by atoms with E-state index in [1.54, 1.807) is 20.8 Å². The van der Waals surface area contributed by atoms with Crippen LogP contribution < -0.4 is 5.69 Å². The summed E-state index contributed by atoms with van der Waals surface area (Å²) in [6.07, 6.45) is 0.407. The van der Waals surface area contributed by atoms with Crippen molar-refractivity contribution >= 4 is 11.9 Å². The lowest BCUT2D eigenvalue weighted by Gasteiger charge is -2.18. The molecule has 6 heteroatoms. The van der Waals surface area contributed by atoms with Crippen molar-refractivity contribution in [3.05, 3.63) is 22.4 Å². The standard InChI is InChI=1S/C11H16N2O4/c1-7(14)8-6-13(9(15)12(8)5)10(16)17-11(2,3)4/h6H,1-5H3. The third kappa shape index (κ3) is 2.83. The number of ketones is 1. The van der Waals surface area contributed by atoms with Gasteiger partial charge >= 0.3 is 11.8 Å². The van der Waals surface area contributed by atoms with E-state index < -0.39 is 17.4 Å². The van der Waals surface area contributed by atoms with Gasteiger partial charge in [0.2, 0.25) is 0 Å². The van der Waals surface area contributed by atoms with E-state index in [-0.39, 0.29) is 11.5 Å². The molecule has 0 saturated heterocycles. The van der Waals surface area contributed by atoms with Crippen molar-refractivity contribution in [2.45, 2.75) is 33.3 Å². The molecule has 17 heavy (non-hydrogen) atoms. The molecule has 0 unspecified atom stereocenters. The summed E-state index contributed by atoms with van der Waals surface area (Å²) in [7, 11) is 1.43. The average Bonchev–Trinajstić information content (AvgIpc) is 2.41. The van der Waals surface area contributed by atoms with Gasteiger partial charge < -0.3 is 4.74 Å². The van der Waals surface area contributed by atoms with Crippen molar-refractivity contribution in [3.63, 3.8) is 0 Å². The van der Waals surface area contributed by atoms with E-state index in [4.69, 9.17) is 4.74 Å². The summed E-state index contributed by atoms with van der Waals surface area (Å²) in [5.74, 6) is -0.285. The van der Waals surface area contributed by atoms with Gasteiger partial charge in [0.1, 0.15) is 11.3 Å². The fourth-order valence-corrected chi connectivity index (χ4v) is 1.30. The molecule has 6 nitrogen and oxygen atoms in total. The highest BCUT2D eigenvalue weighted by molar-refractivity contribution is 5.92. The number of aromatic nitrogens is 2. The van der Waals surface area contributed by atoms with Crippen molar-refractivity contribution in [2.75, 3.05) is 0 Å². The Bertz CT molecular complexity index is 517. The lowest BCUT2D eigenvalue weighted by atomic mass is 10.2. The minimum absolute atomic E-state index is 0.167. The molecule has 0 amide bonds. The number of Topliss-reactive ketones (excluding diaryl/α,β-unsaturated/α-hetero) is 1. The molecule has 0 spiro atoms. The highest BCUT2D eigenvalue weighted by Gasteiger charge is 2.22. The molecule has 94 valence electrons. The van der Waals surface area contributed by atoms with Gasteiger partial charge in [-0.25, -0.2) is 14.2 Å². The molecule has 0 bridgehead atoms. The van der Waals surface area contributed by atoms with Gasteiger partial charge in [0.25, 0.3) is 0 Å². The monoisotopic (exact) mass is 240 g/mol. The summed E-state index contributed by atoms with van der Waals surface area (Å²) < 4.78 is 6.96. The van der Waals surface area contributed by atoms with E-state index in [1.165, 1.54) is 20.2 Å². The minimum Gasteiger partial charge on any atom is -0.443 e. The maximum absolute atomic E-state index is 11.7. The van der Waals surface area contributed by atoms with Crippen LogP contribution in [0.4, 0.5) is 4.79 Å². The van der Waals surface area contributed by atoms with Gasteiger partial charge in [-0.3, -0.25) is 9.36 Å². The molecule has 1 rings (SSSR count). The molecule has 0 saturated carbocycles. The maximum Gasteiger partial charge on any atom is 0.422 e. The Hall–Kier alpha value is -1.85. The van der Waals surface area contributed by atoms with Crippen LogP contribution in [0.1, 0.15) is 38.2 Å². The molecular formula is C11H16N2O4. The molecule has 1 heterocycles. The van der Waals surface area contributed by atoms with Crippen LogP contribution >= 0.6 is 0 Å². The van der Waals surface area contributed by atoms with E-state index in [0.717, 1.165) is 9.13 Å². The van der Waals surface area contributed by atoms with Crippen LogP contribution in [0.15, 0.2) is 11.0 Å². The molecule has 1 aromatic rings. The molecule has 1 aromatic heterocycles. The van der Waals surface area contributed by atoms with Crippen molar-refractivity contribution < 1.29 is 14.3 Å². The Balaban J connectivity index is 3.17. The number of carbonyl (C=O) groups is 2. The van der Waals surface area contributed by atoms with E-state index >= 15 is 0 Å². The van der Waals surface area contributed by atoms with Gasteiger partial charge in [-0.15, -0.1) is 0 Å². The topological polar surface area (TPSA) is 70.3 Å². The predicted molar refractivity (Wildman–Crippen MR) is 61.3 cm³/mol. The third-order valence-corrected chi connectivity index (χ3v) is 2.06. The molecule has 0 N–H and O–H groups in total. The lowest BCUT2D eigenvalue weighted by Crippen LogP contribution is -2.33. The van der Waals surface area contributed by atoms with Crippen LogP contribution in [0.5, 0.6) is 0 Å². The summed E-state index contributed by atoms with van der Waals surface area (Å²) in [4.78, 5) is 34.6. The highest BCUT2D eigenvalue weighted by Crippen LogP contribution is 2.08. The molecular weight excluding hydrogens is 224 g/mol. The van der Waals surface area contributed by atoms with E-state index in [2.05, 4.69) is 0 Å². The van der Waals surface area contributed by atoms with Gasteiger partial charge in [-0.2, -0.15) is 0 Å². The molecule has 0 aliphatic heterocycles. The van der Waals surface area contributed by atoms with Crippen LogP contribution in [0.25, 0.3) is 0 Å². The Morgan fingerprint density at radius 1 is 1.29 bits per heavy atom. The highest BCUT2D eigenvalue weighted by atomic mass is 16.6. The molecule has 0 aliphatic rings. The van der Waals surface area contributed by atoms with Crippen molar-refractivity contribution in [3.8, 4) is 0 Å². The van der Waals surface area contributed by atoms with E-state index in [1.807, 2.05) is 0 Å². The van der Waals surface area contributed by atoms with Crippen molar-refractivity contribution in [1.82, 2.24) is 9.13 Å². The van der Waals surface area contributed by atoms with Crippen LogP contribution in [-0.4, -0.2) is 26.6 Å². The normalized spacial score (nSPS) is 11.4. The minimum atomic E-state index is -0.786. The number of hydrogen-bond acceptors (Lipinski definition) is 4. The number of imidazole rings is 1. The quantitative estimate of drug-likeness (QED) is 0.691. The third-order valence-electron chi connectivity index (χ3n) is 2.06. The fraction of sp³-hybridized carbons (Fsp3) is 0.545. The zero-order valence-corrected chi connectivity index (χ0v) is 10.6. The largest absolute Gasteiger partial charge is 0.443 e. The Kier molecular flexibility index (Phi) is 3.26. The number of rotatable bonds is 1. The van der Waals surface area contributed by atoms with E-state index in [9.17, 15) is 14.4 Å². The first-order valence-electron chi connectivity index (χ1n) is 5.16. The second-order valence-corrected chi connectivity index (χ2v) is 4.76.